The number of methoxy groups -OCH3 is 1. The molecule has 1 N–H and O–H groups in total. The number of amides is 1. The first-order valence-corrected chi connectivity index (χ1v) is 15.6. The SMILES string of the molecule is COCOc1ccccc1-c1cc2c3c([nH]c2nn1)CCN(c1ncc(N2C[C@H]4CN(C(=O)OC(C)(C)C)C[C@H]4C2)cn1)C3C. The second-order valence-corrected chi connectivity index (χ2v) is 13.2. The maximum atomic E-state index is 12.6. The third-order valence-corrected chi connectivity index (χ3v) is 9.05. The quantitative estimate of drug-likeness (QED) is 0.303. The zero-order chi connectivity index (χ0) is 31.3. The van der Waals surface area contributed by atoms with Gasteiger partial charge in [-0.05, 0) is 45.9 Å². The molecule has 236 valence electrons. The molecular weight excluding hydrogens is 572 g/mol. The molecule has 3 aliphatic rings. The molecule has 12 nitrogen and oxygen atoms in total. The lowest BCUT2D eigenvalue weighted by molar-refractivity contribution is 0.0282. The van der Waals surface area contributed by atoms with Crippen LogP contribution in [0.25, 0.3) is 22.3 Å². The van der Waals surface area contributed by atoms with Crippen molar-refractivity contribution in [2.24, 2.45) is 11.8 Å². The Bertz CT molecular complexity index is 1690. The predicted octanol–water partition coefficient (Wildman–Crippen LogP) is 4.82. The van der Waals surface area contributed by atoms with E-state index in [1.54, 1.807) is 7.11 Å². The molecule has 0 bridgehead atoms. The van der Waals surface area contributed by atoms with E-state index in [4.69, 9.17) is 24.2 Å². The first kappa shape index (κ1) is 29.3. The van der Waals surface area contributed by atoms with Gasteiger partial charge in [0.2, 0.25) is 5.95 Å². The molecule has 12 heteroatoms. The van der Waals surface area contributed by atoms with Crippen molar-refractivity contribution < 1.29 is 19.0 Å². The monoisotopic (exact) mass is 612 g/mol. The van der Waals surface area contributed by atoms with Gasteiger partial charge in [0, 0.05) is 80.3 Å². The number of aromatic nitrogens is 5. The molecule has 1 amide bonds. The number of nitrogens with one attached hydrogen (secondary N) is 1. The number of aromatic amines is 1. The average Bonchev–Trinajstić information content (AvgIpc) is 3.71. The first-order chi connectivity index (χ1) is 21.7. The van der Waals surface area contributed by atoms with E-state index in [1.165, 1.54) is 11.3 Å². The smallest absolute Gasteiger partial charge is 0.410 e. The lowest BCUT2D eigenvalue weighted by atomic mass is 9.97. The minimum Gasteiger partial charge on any atom is -0.467 e. The summed E-state index contributed by atoms with van der Waals surface area (Å²) in [5.74, 6) is 2.25. The fourth-order valence-electron chi connectivity index (χ4n) is 6.96. The first-order valence-electron chi connectivity index (χ1n) is 15.6. The molecule has 2 saturated heterocycles. The zero-order valence-corrected chi connectivity index (χ0v) is 26.5. The van der Waals surface area contributed by atoms with E-state index in [9.17, 15) is 4.79 Å². The van der Waals surface area contributed by atoms with Crippen molar-refractivity contribution in [3.63, 3.8) is 0 Å². The van der Waals surface area contributed by atoms with Crippen LogP contribution in [-0.2, 0) is 15.9 Å². The number of fused-ring (bicyclic) bond motifs is 4. The van der Waals surface area contributed by atoms with Crippen molar-refractivity contribution in [3.05, 3.63) is 54.0 Å². The van der Waals surface area contributed by atoms with E-state index in [2.05, 4.69) is 38.0 Å². The molecule has 45 heavy (non-hydrogen) atoms. The highest BCUT2D eigenvalue weighted by Gasteiger charge is 2.43. The van der Waals surface area contributed by atoms with Gasteiger partial charge in [-0.2, -0.15) is 0 Å². The minimum atomic E-state index is -0.482. The number of benzene rings is 1. The van der Waals surface area contributed by atoms with E-state index in [0.29, 0.717) is 23.5 Å². The van der Waals surface area contributed by atoms with E-state index in [0.717, 1.165) is 67.1 Å². The summed E-state index contributed by atoms with van der Waals surface area (Å²) in [5.41, 5.74) is 5.27. The Kier molecular flexibility index (Phi) is 7.47. The van der Waals surface area contributed by atoms with Crippen LogP contribution < -0.4 is 14.5 Å². The third kappa shape index (κ3) is 5.63. The summed E-state index contributed by atoms with van der Waals surface area (Å²) in [5, 5.41) is 10.1. The number of nitrogens with zero attached hydrogens (tertiary/aromatic N) is 7. The Hall–Kier alpha value is -4.45. The van der Waals surface area contributed by atoms with Gasteiger partial charge in [-0.3, -0.25) is 0 Å². The number of anilines is 2. The fourth-order valence-corrected chi connectivity index (χ4v) is 6.96. The maximum Gasteiger partial charge on any atom is 0.410 e. The van der Waals surface area contributed by atoms with Crippen LogP contribution in [0.15, 0.2) is 42.7 Å². The summed E-state index contributed by atoms with van der Waals surface area (Å²) in [6.45, 7) is 12.1. The second kappa shape index (κ2) is 11.5. The molecule has 3 aromatic heterocycles. The van der Waals surface area contributed by atoms with E-state index in [1.807, 2.05) is 62.3 Å². The maximum absolute atomic E-state index is 12.6. The van der Waals surface area contributed by atoms with E-state index < -0.39 is 5.60 Å². The van der Waals surface area contributed by atoms with Crippen LogP contribution in [0.5, 0.6) is 5.75 Å². The molecule has 1 aromatic carbocycles. The van der Waals surface area contributed by atoms with Crippen molar-refractivity contribution >= 4 is 28.8 Å². The topological polar surface area (TPSA) is 122 Å². The van der Waals surface area contributed by atoms with Crippen LogP contribution in [-0.4, -0.2) is 88.4 Å². The molecular formula is C33H40N8O4. The molecule has 1 unspecified atom stereocenters. The Morgan fingerprint density at radius 2 is 1.78 bits per heavy atom. The summed E-state index contributed by atoms with van der Waals surface area (Å²) < 4.78 is 16.5. The van der Waals surface area contributed by atoms with Crippen molar-refractivity contribution in [2.75, 3.05) is 56.4 Å². The van der Waals surface area contributed by atoms with Gasteiger partial charge in [-0.15, -0.1) is 10.2 Å². The minimum absolute atomic E-state index is 0.0374. The Morgan fingerprint density at radius 3 is 2.49 bits per heavy atom. The van der Waals surface area contributed by atoms with Crippen LogP contribution in [0, 0.1) is 11.8 Å². The number of carbonyl (C=O) groups is 1. The van der Waals surface area contributed by atoms with Crippen LogP contribution in [0.4, 0.5) is 16.4 Å². The van der Waals surface area contributed by atoms with E-state index in [-0.39, 0.29) is 18.9 Å². The summed E-state index contributed by atoms with van der Waals surface area (Å²) in [6, 6.07) is 9.91. The zero-order valence-electron chi connectivity index (χ0n) is 26.5. The summed E-state index contributed by atoms with van der Waals surface area (Å²) >= 11 is 0. The number of carbonyl (C=O) groups excluding carboxylic acids is 1. The van der Waals surface area contributed by atoms with Gasteiger partial charge in [0.1, 0.15) is 11.4 Å². The number of hydrogen-bond acceptors (Lipinski definition) is 10. The van der Waals surface area contributed by atoms with Crippen molar-refractivity contribution in [1.29, 1.82) is 0 Å². The molecule has 3 atom stereocenters. The summed E-state index contributed by atoms with van der Waals surface area (Å²) in [7, 11) is 1.60. The van der Waals surface area contributed by atoms with Gasteiger partial charge < -0.3 is 33.9 Å². The van der Waals surface area contributed by atoms with Gasteiger partial charge in [0.15, 0.2) is 12.4 Å². The van der Waals surface area contributed by atoms with Crippen LogP contribution in [0.1, 0.15) is 45.0 Å². The van der Waals surface area contributed by atoms with Gasteiger partial charge >= 0.3 is 6.09 Å². The highest BCUT2D eigenvalue weighted by molar-refractivity contribution is 5.86. The predicted molar refractivity (Wildman–Crippen MR) is 170 cm³/mol. The van der Waals surface area contributed by atoms with E-state index >= 15 is 0 Å². The molecule has 3 aliphatic heterocycles. The van der Waals surface area contributed by atoms with Gasteiger partial charge in [0.05, 0.1) is 29.8 Å². The standard InChI is InChI=1S/C33H40N8O4/c1-20-29-25-12-27(24-8-6-7-9-28(24)44-19-43-5)37-38-30(25)36-26(29)10-11-41(20)31-34-13-23(14-35-31)39-15-21-17-40(18-22(21)16-39)32(42)45-33(2,3)4/h6-9,12-14,20-22H,10-11,15-19H2,1-5H3,(H,36,38)/t20?,21-,22+. The highest BCUT2D eigenvalue weighted by Crippen LogP contribution is 2.39. The molecule has 7 rings (SSSR count). The fraction of sp³-hybridized carbons (Fsp3) is 0.485. The second-order valence-electron chi connectivity index (χ2n) is 13.2. The summed E-state index contributed by atoms with van der Waals surface area (Å²) in [6.07, 6.45) is 4.49. The van der Waals surface area contributed by atoms with Crippen LogP contribution >= 0.6 is 0 Å². The number of rotatable bonds is 6. The molecule has 0 spiro atoms. The number of H-pyrrole nitrogens is 1. The normalized spacial score (nSPS) is 21.3. The molecule has 6 heterocycles. The van der Waals surface area contributed by atoms with Crippen LogP contribution in [0.3, 0.4) is 0 Å². The summed E-state index contributed by atoms with van der Waals surface area (Å²) in [4.78, 5) is 32.2. The third-order valence-electron chi connectivity index (χ3n) is 9.05. The lowest BCUT2D eigenvalue weighted by Gasteiger charge is -2.34. The number of likely N-dealkylation sites (tertiary alicyclic amines) is 1. The molecule has 0 saturated carbocycles. The highest BCUT2D eigenvalue weighted by atomic mass is 16.7. The van der Waals surface area contributed by atoms with Gasteiger partial charge in [0.25, 0.3) is 0 Å². The Labute approximate surface area is 262 Å². The van der Waals surface area contributed by atoms with Crippen molar-refractivity contribution in [3.8, 4) is 17.0 Å². The van der Waals surface area contributed by atoms with Gasteiger partial charge in [-0.1, -0.05) is 12.1 Å². The largest absolute Gasteiger partial charge is 0.467 e. The molecule has 2 fully saturated rings. The van der Waals surface area contributed by atoms with Crippen LogP contribution in [0.2, 0.25) is 0 Å². The number of para-hydroxylation sites is 1. The molecule has 4 aromatic rings. The lowest BCUT2D eigenvalue weighted by Crippen LogP contribution is -2.37. The van der Waals surface area contributed by atoms with Gasteiger partial charge in [-0.25, -0.2) is 14.8 Å². The van der Waals surface area contributed by atoms with Crippen molar-refractivity contribution in [2.45, 2.75) is 45.8 Å². The number of hydrogen-bond donors (Lipinski definition) is 1. The number of ether oxygens (including phenoxy) is 3. The molecule has 0 aliphatic carbocycles. The van der Waals surface area contributed by atoms with Crippen molar-refractivity contribution in [1.82, 2.24) is 30.0 Å². The Morgan fingerprint density at radius 1 is 1.04 bits per heavy atom. The average molecular weight is 613 g/mol. The molecule has 0 radical (unpaired) electrons. The Balaban J connectivity index is 1.06.